The largest absolute Gasteiger partial charge is 0.480 e. The molecular formula is C18H35N7O6. The highest BCUT2D eigenvalue weighted by molar-refractivity contribution is 5.93. The highest BCUT2D eigenvalue weighted by Gasteiger charge is 2.28. The third kappa shape index (κ3) is 11.7. The van der Waals surface area contributed by atoms with E-state index in [1.54, 1.807) is 0 Å². The number of nitrogens with two attached hydrogens (primary N) is 3. The van der Waals surface area contributed by atoms with Crippen LogP contribution in [0.1, 0.15) is 40.0 Å². The Morgan fingerprint density at radius 2 is 1.52 bits per heavy atom. The molecule has 0 saturated carbocycles. The van der Waals surface area contributed by atoms with E-state index in [4.69, 9.17) is 27.4 Å². The Hall–Kier alpha value is -2.93. The molecule has 0 aromatic carbocycles. The van der Waals surface area contributed by atoms with Gasteiger partial charge >= 0.3 is 5.97 Å². The minimum absolute atomic E-state index is 0.0454. The van der Waals surface area contributed by atoms with Crippen molar-refractivity contribution in [2.75, 3.05) is 13.2 Å². The maximum atomic E-state index is 12.6. The van der Waals surface area contributed by atoms with Gasteiger partial charge in [-0.25, -0.2) is 4.79 Å². The lowest BCUT2D eigenvalue weighted by Gasteiger charge is -2.24. The number of carbonyl (C=O) groups is 4. The van der Waals surface area contributed by atoms with E-state index in [-0.39, 0.29) is 11.9 Å². The summed E-state index contributed by atoms with van der Waals surface area (Å²) >= 11 is 0. The second kappa shape index (κ2) is 14.1. The van der Waals surface area contributed by atoms with Crippen molar-refractivity contribution in [1.29, 1.82) is 0 Å². The number of guanidine groups is 1. The highest BCUT2D eigenvalue weighted by Crippen LogP contribution is 2.07. The van der Waals surface area contributed by atoms with Gasteiger partial charge in [-0.3, -0.25) is 19.4 Å². The number of carboxylic acid groups (broad SMARTS) is 1. The Labute approximate surface area is 181 Å². The van der Waals surface area contributed by atoms with E-state index in [0.717, 1.165) is 0 Å². The van der Waals surface area contributed by atoms with Crippen LogP contribution < -0.4 is 33.2 Å². The van der Waals surface area contributed by atoms with Crippen LogP contribution in [0.15, 0.2) is 4.99 Å². The quantitative estimate of drug-likeness (QED) is 0.0769. The van der Waals surface area contributed by atoms with Crippen molar-refractivity contribution in [2.45, 2.75) is 64.2 Å². The average Bonchev–Trinajstić information content (AvgIpc) is 2.67. The van der Waals surface area contributed by atoms with Gasteiger partial charge < -0.3 is 43.4 Å². The smallest absolute Gasteiger partial charge is 0.328 e. The van der Waals surface area contributed by atoms with E-state index in [1.165, 1.54) is 6.92 Å². The van der Waals surface area contributed by atoms with Gasteiger partial charge in [0, 0.05) is 6.54 Å². The minimum Gasteiger partial charge on any atom is -0.480 e. The van der Waals surface area contributed by atoms with Crippen molar-refractivity contribution in [2.24, 2.45) is 28.1 Å². The van der Waals surface area contributed by atoms with Gasteiger partial charge in [-0.1, -0.05) is 13.8 Å². The van der Waals surface area contributed by atoms with Gasteiger partial charge in [-0.2, -0.15) is 0 Å². The molecule has 4 atom stereocenters. The summed E-state index contributed by atoms with van der Waals surface area (Å²) in [5.41, 5.74) is 16.3. The van der Waals surface area contributed by atoms with E-state index in [2.05, 4.69) is 20.9 Å². The first-order valence-electron chi connectivity index (χ1n) is 9.94. The Morgan fingerprint density at radius 3 is 2.00 bits per heavy atom. The summed E-state index contributed by atoms with van der Waals surface area (Å²) in [6.45, 7) is 4.59. The lowest BCUT2D eigenvalue weighted by atomic mass is 10.0. The first-order valence-corrected chi connectivity index (χ1v) is 9.94. The molecule has 31 heavy (non-hydrogen) atoms. The molecule has 0 aromatic rings. The maximum absolute atomic E-state index is 12.6. The highest BCUT2D eigenvalue weighted by atomic mass is 16.4. The molecule has 0 aliphatic carbocycles. The summed E-state index contributed by atoms with van der Waals surface area (Å²) in [6.07, 6.45) is 1.07. The number of aliphatic imine (C=N–C) groups is 1. The summed E-state index contributed by atoms with van der Waals surface area (Å²) in [5, 5.41) is 25.0. The van der Waals surface area contributed by atoms with Crippen molar-refractivity contribution in [3.63, 3.8) is 0 Å². The van der Waals surface area contributed by atoms with Crippen LogP contribution in [0.3, 0.4) is 0 Å². The first kappa shape index (κ1) is 28.1. The molecule has 4 unspecified atom stereocenters. The van der Waals surface area contributed by atoms with Crippen LogP contribution in [-0.4, -0.2) is 77.2 Å². The molecule has 0 spiro atoms. The molecule has 13 nitrogen and oxygen atoms in total. The van der Waals surface area contributed by atoms with Crippen LogP contribution >= 0.6 is 0 Å². The number of hydrogen-bond acceptors (Lipinski definition) is 7. The van der Waals surface area contributed by atoms with Crippen LogP contribution in [0.4, 0.5) is 0 Å². The fourth-order valence-corrected chi connectivity index (χ4v) is 2.49. The molecule has 11 N–H and O–H groups in total. The van der Waals surface area contributed by atoms with Crippen LogP contribution in [0.25, 0.3) is 0 Å². The van der Waals surface area contributed by atoms with Crippen LogP contribution in [0, 0.1) is 5.92 Å². The zero-order chi connectivity index (χ0) is 24.1. The lowest BCUT2D eigenvalue weighted by molar-refractivity contribution is -0.143. The molecule has 0 heterocycles. The number of aliphatic carboxylic acids is 1. The van der Waals surface area contributed by atoms with Gasteiger partial charge in [0.25, 0.3) is 0 Å². The van der Waals surface area contributed by atoms with E-state index in [1.807, 2.05) is 13.8 Å². The van der Waals surface area contributed by atoms with Crippen molar-refractivity contribution in [3.8, 4) is 0 Å². The molecule has 0 aromatic heterocycles. The number of carboxylic acids is 1. The average molecular weight is 446 g/mol. The third-order valence-corrected chi connectivity index (χ3v) is 4.19. The molecule has 0 bridgehead atoms. The standard InChI is InChI=1S/C18H35N7O6/c1-9(2)7-12(24-15(28)11(19)5-4-6-22-18(20)21)16(29)23-10(3)14(27)25-13(8-26)17(30)31/h9-13,26H,4-8,19H2,1-3H3,(H,23,29)(H,24,28)(H,25,27)(H,30,31)(H4,20,21,22). The Kier molecular flexibility index (Phi) is 12.8. The van der Waals surface area contributed by atoms with Gasteiger partial charge in [-0.05, 0) is 32.1 Å². The Balaban J connectivity index is 4.92. The number of nitrogens with zero attached hydrogens (tertiary/aromatic N) is 1. The SMILES string of the molecule is CC(C)CC(NC(=O)C(N)CCCN=C(N)N)C(=O)NC(C)C(=O)NC(CO)C(=O)O. The van der Waals surface area contributed by atoms with Crippen molar-refractivity contribution >= 4 is 29.7 Å². The van der Waals surface area contributed by atoms with Crippen LogP contribution in [-0.2, 0) is 19.2 Å². The van der Waals surface area contributed by atoms with Crippen LogP contribution in [0.5, 0.6) is 0 Å². The van der Waals surface area contributed by atoms with Gasteiger partial charge in [0.05, 0.1) is 12.6 Å². The molecule has 0 radical (unpaired) electrons. The van der Waals surface area contributed by atoms with E-state index in [9.17, 15) is 19.2 Å². The fourth-order valence-electron chi connectivity index (χ4n) is 2.49. The number of aliphatic hydroxyl groups is 1. The molecule has 3 amide bonds. The normalized spacial score (nSPS) is 14.6. The van der Waals surface area contributed by atoms with E-state index >= 15 is 0 Å². The predicted octanol–water partition coefficient (Wildman–Crippen LogP) is -3.04. The number of aliphatic hydroxyl groups excluding tert-OH is 1. The van der Waals surface area contributed by atoms with Gasteiger partial charge in [-0.15, -0.1) is 0 Å². The van der Waals surface area contributed by atoms with Crippen molar-refractivity contribution < 1.29 is 29.4 Å². The maximum Gasteiger partial charge on any atom is 0.328 e. The third-order valence-electron chi connectivity index (χ3n) is 4.19. The topological polar surface area (TPSA) is 235 Å². The van der Waals surface area contributed by atoms with E-state index in [0.29, 0.717) is 25.8 Å². The lowest BCUT2D eigenvalue weighted by Crippen LogP contribution is -2.56. The summed E-state index contributed by atoms with van der Waals surface area (Å²) < 4.78 is 0. The molecule has 0 aliphatic heterocycles. The zero-order valence-corrected chi connectivity index (χ0v) is 18.1. The van der Waals surface area contributed by atoms with Crippen molar-refractivity contribution in [1.82, 2.24) is 16.0 Å². The molecule has 0 saturated heterocycles. The van der Waals surface area contributed by atoms with Gasteiger partial charge in [0.1, 0.15) is 18.1 Å². The summed E-state index contributed by atoms with van der Waals surface area (Å²) in [5.74, 6) is -3.36. The van der Waals surface area contributed by atoms with Gasteiger partial charge in [0.15, 0.2) is 5.96 Å². The number of hydrogen-bond donors (Lipinski definition) is 8. The Morgan fingerprint density at radius 1 is 0.935 bits per heavy atom. The molecule has 0 rings (SSSR count). The number of amides is 3. The molecule has 0 aliphatic rings. The zero-order valence-electron chi connectivity index (χ0n) is 18.1. The Bertz CT molecular complexity index is 651. The molecule has 0 fully saturated rings. The van der Waals surface area contributed by atoms with E-state index < -0.39 is 54.5 Å². The molecule has 178 valence electrons. The number of nitrogens with one attached hydrogen (secondary N) is 3. The summed E-state index contributed by atoms with van der Waals surface area (Å²) in [6, 6.07) is -4.41. The summed E-state index contributed by atoms with van der Waals surface area (Å²) in [7, 11) is 0. The molecular weight excluding hydrogens is 410 g/mol. The van der Waals surface area contributed by atoms with Crippen LogP contribution in [0.2, 0.25) is 0 Å². The predicted molar refractivity (Wildman–Crippen MR) is 114 cm³/mol. The second-order valence-corrected chi connectivity index (χ2v) is 7.56. The fraction of sp³-hybridized carbons (Fsp3) is 0.722. The van der Waals surface area contributed by atoms with Crippen molar-refractivity contribution in [3.05, 3.63) is 0 Å². The molecule has 13 heteroatoms. The second-order valence-electron chi connectivity index (χ2n) is 7.56. The number of carbonyl (C=O) groups excluding carboxylic acids is 3. The monoisotopic (exact) mass is 445 g/mol. The first-order chi connectivity index (χ1) is 14.4. The number of rotatable bonds is 14. The van der Waals surface area contributed by atoms with Gasteiger partial charge in [0.2, 0.25) is 17.7 Å². The minimum atomic E-state index is -1.49. The summed E-state index contributed by atoms with van der Waals surface area (Å²) in [4.78, 5) is 51.8.